The zero-order chi connectivity index (χ0) is 27.3. The molecule has 15 heteroatoms. The number of nitrogens with two attached hydrogens (primary N) is 2. The highest BCUT2D eigenvalue weighted by Gasteiger charge is 2.32. The summed E-state index contributed by atoms with van der Waals surface area (Å²) in [7, 11) is 0. The first-order valence-corrected chi connectivity index (χ1v) is 10.7. The maximum atomic E-state index is 12.8. The minimum absolute atomic E-state index is 0.0439. The van der Waals surface area contributed by atoms with Crippen molar-refractivity contribution >= 4 is 41.5 Å². The second kappa shape index (κ2) is 15.2. The summed E-state index contributed by atoms with van der Waals surface area (Å²) in [6, 6.07) is -5.84. The Balaban J connectivity index is 5.59. The van der Waals surface area contributed by atoms with E-state index in [2.05, 4.69) is 10.6 Å². The summed E-state index contributed by atoms with van der Waals surface area (Å²) < 4.78 is 0. The highest BCUT2D eigenvalue weighted by atomic mass is 16.4. The molecule has 0 aromatic rings. The summed E-state index contributed by atoms with van der Waals surface area (Å²) in [5, 5.41) is 33.7. The molecule has 0 aliphatic heterocycles. The number of primary amides is 1. The Labute approximate surface area is 201 Å². The van der Waals surface area contributed by atoms with Crippen LogP contribution >= 0.6 is 0 Å². The van der Waals surface area contributed by atoms with E-state index in [1.54, 1.807) is 0 Å². The number of hydrogen-bond donors (Lipinski definition) is 8. The summed E-state index contributed by atoms with van der Waals surface area (Å²) in [5.74, 6) is -8.09. The van der Waals surface area contributed by atoms with Crippen molar-refractivity contribution in [1.29, 1.82) is 0 Å². The zero-order valence-electron chi connectivity index (χ0n) is 19.5. The Morgan fingerprint density at radius 1 is 0.714 bits per heavy atom. The Morgan fingerprint density at radius 3 is 1.66 bits per heavy atom. The monoisotopic (exact) mass is 503 g/mol. The number of rotatable bonds is 17. The van der Waals surface area contributed by atoms with Crippen molar-refractivity contribution in [2.45, 2.75) is 76.5 Å². The third kappa shape index (κ3) is 13.5. The third-order valence-electron chi connectivity index (χ3n) is 4.65. The second-order valence-electron chi connectivity index (χ2n) is 8.29. The zero-order valence-corrected chi connectivity index (χ0v) is 19.5. The number of amides is 4. The lowest BCUT2D eigenvalue weighted by molar-refractivity contribution is -0.143. The fourth-order valence-corrected chi connectivity index (χ4v) is 2.90. The molecular weight excluding hydrogens is 470 g/mol. The molecule has 0 aromatic carbocycles. The van der Waals surface area contributed by atoms with Crippen LogP contribution in [0.1, 0.15) is 52.4 Å². The first-order chi connectivity index (χ1) is 16.1. The van der Waals surface area contributed by atoms with Gasteiger partial charge in [0, 0.05) is 12.8 Å². The van der Waals surface area contributed by atoms with Crippen molar-refractivity contribution in [3.8, 4) is 0 Å². The van der Waals surface area contributed by atoms with Gasteiger partial charge in [0.15, 0.2) is 0 Å². The summed E-state index contributed by atoms with van der Waals surface area (Å²) in [4.78, 5) is 82.1. The van der Waals surface area contributed by atoms with Crippen molar-refractivity contribution < 1.29 is 48.9 Å². The van der Waals surface area contributed by atoms with E-state index in [0.29, 0.717) is 0 Å². The number of carbonyl (C=O) groups excluding carboxylic acids is 4. The van der Waals surface area contributed by atoms with Crippen LogP contribution in [0.2, 0.25) is 0 Å². The van der Waals surface area contributed by atoms with Gasteiger partial charge in [0.25, 0.3) is 0 Å². The number of carboxylic acid groups (broad SMARTS) is 3. The van der Waals surface area contributed by atoms with Crippen molar-refractivity contribution in [2.24, 2.45) is 17.4 Å². The van der Waals surface area contributed by atoms with Gasteiger partial charge in [0.2, 0.25) is 23.6 Å². The van der Waals surface area contributed by atoms with Gasteiger partial charge in [-0.3, -0.25) is 28.8 Å². The van der Waals surface area contributed by atoms with Gasteiger partial charge in [-0.15, -0.1) is 0 Å². The predicted octanol–water partition coefficient (Wildman–Crippen LogP) is -2.50. The van der Waals surface area contributed by atoms with Crippen LogP contribution in [0.5, 0.6) is 0 Å². The lowest BCUT2D eigenvalue weighted by Gasteiger charge is -2.24. The van der Waals surface area contributed by atoms with Gasteiger partial charge in [-0.2, -0.15) is 0 Å². The van der Waals surface area contributed by atoms with Crippen LogP contribution in [0.4, 0.5) is 0 Å². The quantitative estimate of drug-likeness (QED) is 0.103. The van der Waals surface area contributed by atoms with Gasteiger partial charge in [0.05, 0.1) is 12.5 Å². The molecule has 0 radical (unpaired) electrons. The van der Waals surface area contributed by atoms with Crippen molar-refractivity contribution in [3.05, 3.63) is 0 Å². The highest BCUT2D eigenvalue weighted by molar-refractivity contribution is 5.95. The molecule has 0 aliphatic rings. The molecule has 198 valence electrons. The molecule has 35 heavy (non-hydrogen) atoms. The SMILES string of the molecule is CC(C)CC(N)C(=O)NC(CCC(=O)O)C(=O)NC(CC(=O)O)C(=O)NC(CCC(N)=O)C(=O)O. The van der Waals surface area contributed by atoms with E-state index in [0.717, 1.165) is 0 Å². The molecule has 0 aliphatic carbocycles. The lowest BCUT2D eigenvalue weighted by atomic mass is 10.0. The van der Waals surface area contributed by atoms with Crippen LogP contribution in [0.15, 0.2) is 0 Å². The molecule has 0 saturated carbocycles. The van der Waals surface area contributed by atoms with Crippen molar-refractivity contribution in [3.63, 3.8) is 0 Å². The van der Waals surface area contributed by atoms with Gasteiger partial charge in [-0.05, 0) is 25.2 Å². The van der Waals surface area contributed by atoms with E-state index in [-0.39, 0.29) is 31.6 Å². The van der Waals surface area contributed by atoms with Crippen LogP contribution in [0.25, 0.3) is 0 Å². The molecule has 10 N–H and O–H groups in total. The first kappa shape index (κ1) is 31.2. The minimum Gasteiger partial charge on any atom is -0.481 e. The fraction of sp³-hybridized carbons (Fsp3) is 0.650. The normalized spacial score (nSPS) is 14.2. The molecular formula is C20H33N5O10. The molecule has 0 fully saturated rings. The topological polar surface area (TPSA) is 268 Å². The Kier molecular flexibility index (Phi) is 13.6. The van der Waals surface area contributed by atoms with Crippen LogP contribution in [0.3, 0.4) is 0 Å². The van der Waals surface area contributed by atoms with Crippen molar-refractivity contribution in [1.82, 2.24) is 16.0 Å². The highest BCUT2D eigenvalue weighted by Crippen LogP contribution is 2.06. The van der Waals surface area contributed by atoms with Gasteiger partial charge in [0.1, 0.15) is 18.1 Å². The number of nitrogens with one attached hydrogen (secondary N) is 3. The fourth-order valence-electron chi connectivity index (χ4n) is 2.90. The van der Waals surface area contributed by atoms with Crippen LogP contribution in [0, 0.1) is 5.92 Å². The number of aliphatic carboxylic acids is 3. The molecule has 4 amide bonds. The van der Waals surface area contributed by atoms with Crippen LogP contribution < -0.4 is 27.4 Å². The molecule has 4 atom stereocenters. The van der Waals surface area contributed by atoms with Gasteiger partial charge < -0.3 is 42.7 Å². The van der Waals surface area contributed by atoms with E-state index in [1.807, 2.05) is 19.2 Å². The molecule has 0 heterocycles. The Bertz CT molecular complexity index is 816. The van der Waals surface area contributed by atoms with E-state index < -0.39 is 78.5 Å². The van der Waals surface area contributed by atoms with Gasteiger partial charge in [-0.25, -0.2) is 4.79 Å². The van der Waals surface area contributed by atoms with E-state index >= 15 is 0 Å². The smallest absolute Gasteiger partial charge is 0.326 e. The Hall–Kier alpha value is -3.75. The van der Waals surface area contributed by atoms with E-state index in [4.69, 9.17) is 21.7 Å². The average molecular weight is 504 g/mol. The van der Waals surface area contributed by atoms with Crippen LogP contribution in [-0.4, -0.2) is 81.0 Å². The van der Waals surface area contributed by atoms with Gasteiger partial charge >= 0.3 is 17.9 Å². The summed E-state index contributed by atoms with van der Waals surface area (Å²) in [6.45, 7) is 3.62. The van der Waals surface area contributed by atoms with Gasteiger partial charge in [-0.1, -0.05) is 13.8 Å². The van der Waals surface area contributed by atoms with Crippen LogP contribution in [-0.2, 0) is 33.6 Å². The average Bonchev–Trinajstić information content (AvgIpc) is 2.71. The summed E-state index contributed by atoms with van der Waals surface area (Å²) >= 11 is 0. The second-order valence-corrected chi connectivity index (χ2v) is 8.29. The molecule has 0 spiro atoms. The Morgan fingerprint density at radius 2 is 1.20 bits per heavy atom. The predicted molar refractivity (Wildman–Crippen MR) is 118 cm³/mol. The number of hydrogen-bond acceptors (Lipinski definition) is 8. The molecule has 0 aromatic heterocycles. The maximum absolute atomic E-state index is 12.8. The largest absolute Gasteiger partial charge is 0.481 e. The first-order valence-electron chi connectivity index (χ1n) is 10.7. The summed E-state index contributed by atoms with van der Waals surface area (Å²) in [5.41, 5.74) is 10.7. The summed E-state index contributed by atoms with van der Waals surface area (Å²) in [6.07, 6.45) is -2.37. The molecule has 0 rings (SSSR count). The number of carbonyl (C=O) groups is 7. The minimum atomic E-state index is -1.77. The van der Waals surface area contributed by atoms with E-state index in [9.17, 15) is 38.7 Å². The third-order valence-corrected chi connectivity index (χ3v) is 4.65. The standard InChI is InChI=1S/C20H33N5O10/c1-9(2)7-10(21)17(31)23-11(4-6-15(27)28)18(32)25-13(8-16(29)30)19(33)24-12(20(34)35)3-5-14(22)26/h9-13H,3-8,21H2,1-2H3,(H2,22,26)(H,23,31)(H,24,33)(H,25,32)(H,27,28)(H,29,30)(H,34,35). The lowest BCUT2D eigenvalue weighted by Crippen LogP contribution is -2.57. The molecule has 0 bridgehead atoms. The van der Waals surface area contributed by atoms with Crippen molar-refractivity contribution in [2.75, 3.05) is 0 Å². The van der Waals surface area contributed by atoms with E-state index in [1.165, 1.54) is 0 Å². The maximum Gasteiger partial charge on any atom is 0.326 e. The number of carboxylic acids is 3. The molecule has 4 unspecified atom stereocenters. The molecule has 0 saturated heterocycles. The molecule has 15 nitrogen and oxygen atoms in total.